The van der Waals surface area contributed by atoms with Crippen LogP contribution in [0.25, 0.3) is 20.8 Å². The first-order valence-corrected chi connectivity index (χ1v) is 6.44. The standard InChI is InChI=1S/C13H7ClN2OS/c14-12(17)9-1-2-10-11(7-9)18-13(16-10)8-3-5-15-6-4-8/h1-7H. The van der Waals surface area contributed by atoms with Crippen LogP contribution in [0.15, 0.2) is 42.7 Å². The van der Waals surface area contributed by atoms with Crippen molar-refractivity contribution in [2.24, 2.45) is 0 Å². The first-order chi connectivity index (χ1) is 8.74. The van der Waals surface area contributed by atoms with E-state index in [2.05, 4.69) is 9.97 Å². The third-order valence-electron chi connectivity index (χ3n) is 2.54. The van der Waals surface area contributed by atoms with Crippen molar-refractivity contribution >= 4 is 38.4 Å². The fourth-order valence-corrected chi connectivity index (χ4v) is 2.79. The van der Waals surface area contributed by atoms with Gasteiger partial charge in [-0.05, 0) is 41.9 Å². The lowest BCUT2D eigenvalue weighted by atomic mass is 10.2. The number of carbonyl (C=O) groups excluding carboxylic acids is 1. The Morgan fingerprint density at radius 1 is 1.17 bits per heavy atom. The average Bonchev–Trinajstić information content (AvgIpc) is 2.82. The third kappa shape index (κ3) is 2.00. The minimum absolute atomic E-state index is 0.448. The predicted molar refractivity (Wildman–Crippen MR) is 73.0 cm³/mol. The Balaban J connectivity index is 2.14. The van der Waals surface area contributed by atoms with Gasteiger partial charge in [0.1, 0.15) is 5.01 Å². The molecule has 3 rings (SSSR count). The lowest BCUT2D eigenvalue weighted by Gasteiger charge is -1.91. The molecule has 3 nitrogen and oxygen atoms in total. The van der Waals surface area contributed by atoms with E-state index in [9.17, 15) is 4.79 Å². The molecule has 0 saturated heterocycles. The van der Waals surface area contributed by atoms with Gasteiger partial charge >= 0.3 is 0 Å². The van der Waals surface area contributed by atoms with E-state index in [1.807, 2.05) is 18.2 Å². The van der Waals surface area contributed by atoms with Crippen molar-refractivity contribution in [2.45, 2.75) is 0 Å². The van der Waals surface area contributed by atoms with E-state index in [0.29, 0.717) is 5.56 Å². The zero-order valence-electron chi connectivity index (χ0n) is 9.13. The van der Waals surface area contributed by atoms with Gasteiger partial charge in [0.25, 0.3) is 5.24 Å². The fourth-order valence-electron chi connectivity index (χ4n) is 1.66. The van der Waals surface area contributed by atoms with Crippen LogP contribution in [0.3, 0.4) is 0 Å². The molecule has 5 heteroatoms. The smallest absolute Gasteiger partial charge is 0.252 e. The van der Waals surface area contributed by atoms with Crippen LogP contribution in [-0.4, -0.2) is 15.2 Å². The highest BCUT2D eigenvalue weighted by molar-refractivity contribution is 7.21. The molecular formula is C13H7ClN2OS. The lowest BCUT2D eigenvalue weighted by molar-refractivity contribution is 0.108. The van der Waals surface area contributed by atoms with Crippen molar-refractivity contribution in [2.75, 3.05) is 0 Å². The molecule has 0 amide bonds. The summed E-state index contributed by atoms with van der Waals surface area (Å²) in [6.07, 6.45) is 3.46. The molecule has 2 aromatic heterocycles. The summed E-state index contributed by atoms with van der Waals surface area (Å²) in [5, 5.41) is 0.460. The highest BCUT2D eigenvalue weighted by Crippen LogP contribution is 2.30. The van der Waals surface area contributed by atoms with Gasteiger partial charge in [-0.1, -0.05) is 0 Å². The molecule has 0 aliphatic carbocycles. The first kappa shape index (κ1) is 11.3. The van der Waals surface area contributed by atoms with Crippen LogP contribution >= 0.6 is 22.9 Å². The van der Waals surface area contributed by atoms with Gasteiger partial charge < -0.3 is 0 Å². The Labute approximate surface area is 112 Å². The normalized spacial score (nSPS) is 10.7. The Morgan fingerprint density at radius 2 is 1.94 bits per heavy atom. The minimum Gasteiger partial charge on any atom is -0.276 e. The molecule has 0 unspecified atom stereocenters. The van der Waals surface area contributed by atoms with Crippen LogP contribution in [0, 0.1) is 0 Å². The summed E-state index contributed by atoms with van der Waals surface area (Å²) in [5.41, 5.74) is 2.38. The maximum atomic E-state index is 11.1. The number of aromatic nitrogens is 2. The molecule has 0 fully saturated rings. The second-order valence-corrected chi connectivity index (χ2v) is 5.09. The second-order valence-electron chi connectivity index (χ2n) is 3.71. The zero-order chi connectivity index (χ0) is 12.5. The number of halogens is 1. The third-order valence-corrected chi connectivity index (χ3v) is 3.83. The number of carbonyl (C=O) groups is 1. The van der Waals surface area contributed by atoms with Crippen molar-refractivity contribution < 1.29 is 4.79 Å². The SMILES string of the molecule is O=C(Cl)c1ccc2nc(-c3ccncc3)sc2c1. The molecule has 18 heavy (non-hydrogen) atoms. The molecule has 0 radical (unpaired) electrons. The molecule has 0 spiro atoms. The molecule has 0 aliphatic rings. The molecular weight excluding hydrogens is 268 g/mol. The number of nitrogens with zero attached hydrogens (tertiary/aromatic N) is 2. The number of pyridine rings is 1. The number of benzene rings is 1. The maximum Gasteiger partial charge on any atom is 0.252 e. The van der Waals surface area contributed by atoms with E-state index in [0.717, 1.165) is 20.8 Å². The molecule has 0 atom stereocenters. The van der Waals surface area contributed by atoms with E-state index in [1.165, 1.54) is 11.3 Å². The fraction of sp³-hybridized carbons (Fsp3) is 0. The van der Waals surface area contributed by atoms with E-state index in [-0.39, 0.29) is 0 Å². The van der Waals surface area contributed by atoms with Gasteiger partial charge in [0, 0.05) is 23.5 Å². The molecule has 0 saturated carbocycles. The highest BCUT2D eigenvalue weighted by Gasteiger charge is 2.08. The summed E-state index contributed by atoms with van der Waals surface area (Å²) < 4.78 is 0.952. The summed E-state index contributed by atoms with van der Waals surface area (Å²) in [4.78, 5) is 19.6. The zero-order valence-corrected chi connectivity index (χ0v) is 10.7. The Hall–Kier alpha value is -1.78. The average molecular weight is 275 g/mol. The largest absolute Gasteiger partial charge is 0.276 e. The number of hydrogen-bond donors (Lipinski definition) is 0. The van der Waals surface area contributed by atoms with Crippen molar-refractivity contribution in [3.8, 4) is 10.6 Å². The van der Waals surface area contributed by atoms with Crippen LogP contribution in [0.5, 0.6) is 0 Å². The molecule has 1 aromatic carbocycles. The monoisotopic (exact) mass is 274 g/mol. The molecule has 3 aromatic rings. The topological polar surface area (TPSA) is 42.9 Å². The molecule has 2 heterocycles. The van der Waals surface area contributed by atoms with Crippen LogP contribution in [0.1, 0.15) is 10.4 Å². The van der Waals surface area contributed by atoms with Crippen LogP contribution < -0.4 is 0 Å². The van der Waals surface area contributed by atoms with E-state index < -0.39 is 5.24 Å². The van der Waals surface area contributed by atoms with Crippen LogP contribution in [0.4, 0.5) is 0 Å². The number of fused-ring (bicyclic) bond motifs is 1. The Kier molecular flexibility index (Phi) is 2.81. The summed E-state index contributed by atoms with van der Waals surface area (Å²) in [6.45, 7) is 0. The van der Waals surface area contributed by atoms with Crippen LogP contribution in [-0.2, 0) is 0 Å². The number of rotatable bonds is 2. The highest BCUT2D eigenvalue weighted by atomic mass is 35.5. The number of hydrogen-bond acceptors (Lipinski definition) is 4. The predicted octanol–water partition coefficient (Wildman–Crippen LogP) is 3.74. The Morgan fingerprint density at radius 3 is 2.67 bits per heavy atom. The minimum atomic E-state index is -0.448. The Bertz CT molecular complexity index is 724. The van der Waals surface area contributed by atoms with Gasteiger partial charge in [-0.15, -0.1) is 11.3 Å². The number of thiazole rings is 1. The first-order valence-electron chi connectivity index (χ1n) is 5.25. The van der Waals surface area contributed by atoms with Gasteiger partial charge in [0.05, 0.1) is 10.2 Å². The van der Waals surface area contributed by atoms with Crippen LogP contribution in [0.2, 0.25) is 0 Å². The van der Waals surface area contributed by atoms with Gasteiger partial charge in [-0.3, -0.25) is 9.78 Å². The molecule has 0 bridgehead atoms. The van der Waals surface area contributed by atoms with Gasteiger partial charge in [-0.2, -0.15) is 0 Å². The van der Waals surface area contributed by atoms with E-state index in [1.54, 1.807) is 24.5 Å². The van der Waals surface area contributed by atoms with E-state index in [4.69, 9.17) is 11.6 Å². The quantitative estimate of drug-likeness (QED) is 0.669. The molecule has 0 aliphatic heterocycles. The summed E-state index contributed by atoms with van der Waals surface area (Å²) in [5.74, 6) is 0. The van der Waals surface area contributed by atoms with Gasteiger partial charge in [0.15, 0.2) is 0 Å². The summed E-state index contributed by atoms with van der Waals surface area (Å²) in [6, 6.07) is 9.09. The molecule has 88 valence electrons. The van der Waals surface area contributed by atoms with Gasteiger partial charge in [0.2, 0.25) is 0 Å². The van der Waals surface area contributed by atoms with E-state index >= 15 is 0 Å². The second kappa shape index (κ2) is 4.48. The van der Waals surface area contributed by atoms with Crippen molar-refractivity contribution in [1.82, 2.24) is 9.97 Å². The van der Waals surface area contributed by atoms with Gasteiger partial charge in [-0.25, -0.2) is 4.98 Å². The van der Waals surface area contributed by atoms with Crippen molar-refractivity contribution in [1.29, 1.82) is 0 Å². The maximum absolute atomic E-state index is 11.1. The summed E-state index contributed by atoms with van der Waals surface area (Å²) in [7, 11) is 0. The van der Waals surface area contributed by atoms with Crippen molar-refractivity contribution in [3.05, 3.63) is 48.3 Å². The molecule has 0 N–H and O–H groups in total. The summed E-state index contributed by atoms with van der Waals surface area (Å²) >= 11 is 7.00. The lowest BCUT2D eigenvalue weighted by Crippen LogP contribution is -1.86. The van der Waals surface area contributed by atoms with Crippen molar-refractivity contribution in [3.63, 3.8) is 0 Å².